The summed E-state index contributed by atoms with van der Waals surface area (Å²) in [6, 6.07) is 10.4. The first-order chi connectivity index (χ1) is 19.3. The lowest BCUT2D eigenvalue weighted by atomic mass is 9.87. The van der Waals surface area contributed by atoms with Crippen molar-refractivity contribution in [2.45, 2.75) is 39.0 Å². The summed E-state index contributed by atoms with van der Waals surface area (Å²) in [5, 5.41) is 18.5. The molecule has 0 aliphatic carbocycles. The van der Waals surface area contributed by atoms with Gasteiger partial charge in [-0.1, -0.05) is 29.8 Å². The Morgan fingerprint density at radius 2 is 1.60 bits per heavy atom. The Kier molecular flexibility index (Phi) is 6.68. The number of aryl methyl sites for hydroxylation is 1. The van der Waals surface area contributed by atoms with Gasteiger partial charge in [0, 0.05) is 67.7 Å². The van der Waals surface area contributed by atoms with Crippen LogP contribution in [-0.2, 0) is 12.1 Å². The molecule has 0 unspecified atom stereocenters. The third kappa shape index (κ3) is 5.01. The number of piperazine rings is 1. The highest BCUT2D eigenvalue weighted by Crippen LogP contribution is 2.29. The molecule has 0 amide bonds. The van der Waals surface area contributed by atoms with Crippen molar-refractivity contribution in [3.05, 3.63) is 84.3 Å². The summed E-state index contributed by atoms with van der Waals surface area (Å²) in [5.74, 6) is 1.60. The lowest BCUT2D eigenvalue weighted by Gasteiger charge is -2.35. The third-order valence-corrected chi connectivity index (χ3v) is 7.55. The number of aromatic nitrogens is 7. The van der Waals surface area contributed by atoms with Gasteiger partial charge >= 0.3 is 0 Å². The monoisotopic (exact) mass is 538 g/mol. The molecule has 206 valence electrons. The van der Waals surface area contributed by atoms with E-state index in [-0.39, 0.29) is 0 Å². The summed E-state index contributed by atoms with van der Waals surface area (Å²) in [6.07, 6.45) is 10.5. The zero-order chi connectivity index (χ0) is 27.9. The van der Waals surface area contributed by atoms with E-state index >= 15 is 0 Å². The second-order valence-corrected chi connectivity index (χ2v) is 10.8. The average Bonchev–Trinajstić information content (AvgIpc) is 3.60. The van der Waals surface area contributed by atoms with Crippen molar-refractivity contribution in [3.8, 4) is 11.1 Å². The normalized spacial score (nSPS) is 16.3. The molecule has 11 heteroatoms. The molecule has 2 atom stereocenters. The van der Waals surface area contributed by atoms with Crippen LogP contribution < -0.4 is 15.5 Å². The number of aliphatic hydroxyl groups excluding tert-OH is 1. The van der Waals surface area contributed by atoms with E-state index in [1.807, 2.05) is 42.4 Å². The van der Waals surface area contributed by atoms with E-state index in [1.165, 1.54) is 5.56 Å². The molecular formula is C29H34N10O. The summed E-state index contributed by atoms with van der Waals surface area (Å²) in [5.41, 5.74) is 12.0. The number of hydrogen-bond donors (Lipinski definition) is 2. The van der Waals surface area contributed by atoms with Crippen molar-refractivity contribution < 1.29 is 5.11 Å². The highest BCUT2D eigenvalue weighted by Gasteiger charge is 2.26. The molecule has 0 saturated carbocycles. The van der Waals surface area contributed by atoms with E-state index in [0.717, 1.165) is 59.8 Å². The van der Waals surface area contributed by atoms with Gasteiger partial charge in [-0.25, -0.2) is 19.5 Å². The van der Waals surface area contributed by atoms with E-state index in [9.17, 15) is 5.11 Å². The Bertz CT molecular complexity index is 1600. The van der Waals surface area contributed by atoms with Crippen LogP contribution in [0, 0.1) is 6.92 Å². The third-order valence-electron chi connectivity index (χ3n) is 7.55. The number of hydrogen-bond acceptors (Lipinski definition) is 9. The molecule has 6 rings (SSSR count). The molecule has 1 aliphatic heterocycles. The van der Waals surface area contributed by atoms with Crippen LogP contribution in [0.2, 0.25) is 0 Å². The van der Waals surface area contributed by atoms with Gasteiger partial charge in [-0.05, 0) is 32.4 Å². The van der Waals surface area contributed by atoms with Crippen LogP contribution in [-0.4, -0.2) is 71.7 Å². The number of benzene rings is 1. The van der Waals surface area contributed by atoms with Gasteiger partial charge in [-0.15, -0.1) is 0 Å². The number of anilines is 2. The van der Waals surface area contributed by atoms with E-state index in [4.69, 9.17) is 5.73 Å². The number of rotatable bonds is 7. The molecule has 0 bridgehead atoms. The summed E-state index contributed by atoms with van der Waals surface area (Å²) >= 11 is 0. The number of fused-ring (bicyclic) bond motifs is 1. The Morgan fingerprint density at radius 3 is 2.30 bits per heavy atom. The van der Waals surface area contributed by atoms with Crippen molar-refractivity contribution in [3.63, 3.8) is 0 Å². The lowest BCUT2D eigenvalue weighted by Crippen LogP contribution is -2.47. The number of nitrogens with zero attached hydrogens (tertiary/aromatic N) is 9. The molecule has 11 nitrogen and oxygen atoms in total. The molecule has 1 aliphatic rings. The van der Waals surface area contributed by atoms with Gasteiger partial charge in [-0.3, -0.25) is 4.68 Å². The quantitative estimate of drug-likeness (QED) is 0.321. The van der Waals surface area contributed by atoms with E-state index < -0.39 is 11.6 Å². The Balaban J connectivity index is 1.15. The van der Waals surface area contributed by atoms with Gasteiger partial charge in [0.15, 0.2) is 5.82 Å². The molecule has 4 aromatic heterocycles. The van der Waals surface area contributed by atoms with Gasteiger partial charge < -0.3 is 20.6 Å². The van der Waals surface area contributed by atoms with Crippen molar-refractivity contribution >= 4 is 17.3 Å². The first-order valence-corrected chi connectivity index (χ1v) is 13.5. The molecule has 0 spiro atoms. The highest BCUT2D eigenvalue weighted by atomic mass is 16.3. The molecule has 5 heterocycles. The fourth-order valence-corrected chi connectivity index (χ4v) is 5.14. The minimum atomic E-state index is -0.671. The van der Waals surface area contributed by atoms with Gasteiger partial charge in [0.05, 0.1) is 24.4 Å². The van der Waals surface area contributed by atoms with Crippen LogP contribution in [0.15, 0.2) is 67.6 Å². The maximum Gasteiger partial charge on any atom is 0.225 e. The first kappa shape index (κ1) is 25.9. The number of aliphatic hydroxyl groups is 1. The molecule has 1 aromatic carbocycles. The summed E-state index contributed by atoms with van der Waals surface area (Å²) in [4.78, 5) is 18.5. The Labute approximate surface area is 232 Å². The molecule has 1 saturated heterocycles. The van der Waals surface area contributed by atoms with Crippen LogP contribution in [0.4, 0.5) is 11.8 Å². The molecule has 5 aromatic rings. The van der Waals surface area contributed by atoms with Crippen molar-refractivity contribution in [2.24, 2.45) is 5.73 Å². The lowest BCUT2D eigenvalue weighted by molar-refractivity contribution is 0.168. The van der Waals surface area contributed by atoms with Gasteiger partial charge in [0.1, 0.15) is 11.8 Å². The maximum atomic E-state index is 9.66. The van der Waals surface area contributed by atoms with Gasteiger partial charge in [-0.2, -0.15) is 10.2 Å². The van der Waals surface area contributed by atoms with Crippen LogP contribution >= 0.6 is 0 Å². The van der Waals surface area contributed by atoms with Crippen LogP contribution in [0.3, 0.4) is 0 Å². The summed E-state index contributed by atoms with van der Waals surface area (Å²) in [7, 11) is 0. The van der Waals surface area contributed by atoms with Crippen LogP contribution in [0.1, 0.15) is 30.5 Å². The van der Waals surface area contributed by atoms with Crippen LogP contribution in [0.25, 0.3) is 16.6 Å². The zero-order valence-electron chi connectivity index (χ0n) is 23.0. The molecular weight excluding hydrogens is 504 g/mol. The fraction of sp³-hybridized carbons (Fsp3) is 0.345. The first-order valence-electron chi connectivity index (χ1n) is 13.5. The maximum absolute atomic E-state index is 9.66. The average molecular weight is 539 g/mol. The van der Waals surface area contributed by atoms with Crippen LogP contribution in [0.5, 0.6) is 0 Å². The van der Waals surface area contributed by atoms with Gasteiger partial charge in [0.25, 0.3) is 0 Å². The smallest absolute Gasteiger partial charge is 0.225 e. The van der Waals surface area contributed by atoms with Gasteiger partial charge in [0.2, 0.25) is 5.95 Å². The molecule has 40 heavy (non-hydrogen) atoms. The minimum absolute atomic E-state index is 0.452. The largest absolute Gasteiger partial charge is 0.391 e. The van der Waals surface area contributed by atoms with E-state index in [1.54, 1.807) is 17.9 Å². The van der Waals surface area contributed by atoms with Crippen molar-refractivity contribution in [2.75, 3.05) is 36.0 Å². The molecule has 3 N–H and O–H groups in total. The topological polar surface area (TPSA) is 127 Å². The van der Waals surface area contributed by atoms with E-state index in [2.05, 4.69) is 72.2 Å². The van der Waals surface area contributed by atoms with Crippen molar-refractivity contribution in [1.82, 2.24) is 34.3 Å². The van der Waals surface area contributed by atoms with E-state index in [0.29, 0.717) is 12.5 Å². The predicted octanol–water partition coefficient (Wildman–Crippen LogP) is 2.62. The second kappa shape index (κ2) is 10.3. The minimum Gasteiger partial charge on any atom is -0.391 e. The predicted molar refractivity (Wildman–Crippen MR) is 154 cm³/mol. The standard InChI is InChI=1S/C29H34N10O/c1-20-4-6-24(7-5-20)29(3,30)25-14-31-28(32-15-25)37-10-8-36(9-11-37)27-26-12-22(18-39(26)35-19-33-27)23-13-34-38(17-23)16-21(2)40/h4-7,12-15,17-19,21,40H,8-11,16,30H2,1-3H3/t21-,29+/m1/s1. The molecule has 1 fully saturated rings. The number of nitrogens with two attached hydrogens (primary N) is 1. The second-order valence-electron chi connectivity index (χ2n) is 10.8. The van der Waals surface area contributed by atoms with Crippen molar-refractivity contribution in [1.29, 1.82) is 0 Å². The summed E-state index contributed by atoms with van der Waals surface area (Å²) < 4.78 is 3.61. The fourth-order valence-electron chi connectivity index (χ4n) is 5.14. The zero-order valence-corrected chi connectivity index (χ0v) is 23.0. The Morgan fingerprint density at radius 1 is 0.900 bits per heavy atom. The highest BCUT2D eigenvalue weighted by molar-refractivity contribution is 5.77. The Hall–Kier alpha value is -4.35. The summed E-state index contributed by atoms with van der Waals surface area (Å²) in [6.45, 7) is 9.36. The molecule has 0 radical (unpaired) electrons. The SMILES string of the molecule is Cc1ccc([C@](C)(N)c2cnc(N3CCN(c4ncnn5cc(-c6cnn(C[C@@H](C)O)c6)cc45)CC3)nc2)cc1.